The molecule has 1 aromatic carbocycles. The second kappa shape index (κ2) is 18.2. The van der Waals surface area contributed by atoms with Crippen LogP contribution in [0.2, 0.25) is 0 Å². The number of guanidine groups is 1. The van der Waals surface area contributed by atoms with E-state index in [0.29, 0.717) is 24.8 Å². The third kappa shape index (κ3) is 12.6. The predicted octanol–water partition coefficient (Wildman–Crippen LogP) is -1.18. The molecule has 0 heterocycles. The zero-order valence-electron chi connectivity index (χ0n) is 24.4. The van der Waals surface area contributed by atoms with Gasteiger partial charge in [-0.25, -0.2) is 4.79 Å². The van der Waals surface area contributed by atoms with Gasteiger partial charge < -0.3 is 47.7 Å². The van der Waals surface area contributed by atoms with E-state index in [0.717, 1.165) is 4.90 Å². The maximum absolute atomic E-state index is 13.9. The molecule has 11 N–H and O–H groups in total. The number of rotatable bonds is 20. The summed E-state index contributed by atoms with van der Waals surface area (Å²) >= 11 is 0. The Morgan fingerprint density at radius 3 is 2.16 bits per heavy atom. The Morgan fingerprint density at radius 1 is 1.02 bits per heavy atom. The van der Waals surface area contributed by atoms with E-state index < -0.39 is 72.0 Å². The van der Waals surface area contributed by atoms with Gasteiger partial charge in [-0.2, -0.15) is 0 Å². The van der Waals surface area contributed by atoms with Gasteiger partial charge in [0.2, 0.25) is 11.8 Å². The van der Waals surface area contributed by atoms with E-state index in [-0.39, 0.29) is 31.8 Å². The largest absolute Gasteiger partial charge is 0.481 e. The number of carboxylic acid groups (broad SMARTS) is 2. The third-order valence-corrected chi connectivity index (χ3v) is 6.76. The fourth-order valence-corrected chi connectivity index (χ4v) is 4.34. The molecule has 5 atom stereocenters. The molecule has 0 aromatic heterocycles. The summed E-state index contributed by atoms with van der Waals surface area (Å²) in [6.45, 7) is 3.17. The zero-order chi connectivity index (χ0) is 32.7. The van der Waals surface area contributed by atoms with Crippen molar-refractivity contribution in [1.29, 1.82) is 5.41 Å². The molecule has 2 amide bonds. The smallest absolute Gasteiger partial charge is 0.326 e. The van der Waals surface area contributed by atoms with Crippen molar-refractivity contribution in [1.82, 2.24) is 15.5 Å². The summed E-state index contributed by atoms with van der Waals surface area (Å²) in [5, 5.41) is 31.3. The average molecular weight is 606 g/mol. The van der Waals surface area contributed by atoms with Gasteiger partial charge in [0.1, 0.15) is 18.4 Å². The van der Waals surface area contributed by atoms with Crippen LogP contribution >= 0.6 is 0 Å². The molecule has 1 rings (SSSR count). The molecule has 15 nitrogen and oxygen atoms in total. The molecule has 43 heavy (non-hydrogen) atoms. The minimum Gasteiger partial charge on any atom is -0.481 e. The van der Waals surface area contributed by atoms with E-state index in [2.05, 4.69) is 10.6 Å². The van der Waals surface area contributed by atoms with Crippen molar-refractivity contribution in [3.05, 3.63) is 35.9 Å². The molecule has 0 spiro atoms. The van der Waals surface area contributed by atoms with Gasteiger partial charge in [-0.1, -0.05) is 44.2 Å². The minimum atomic E-state index is -1.45. The maximum atomic E-state index is 13.9. The summed E-state index contributed by atoms with van der Waals surface area (Å²) in [5.74, 6) is -7.01. The number of amides is 2. The molecular formula is C28H43N7O8. The van der Waals surface area contributed by atoms with Gasteiger partial charge in [-0.05, 0) is 30.7 Å². The Morgan fingerprint density at radius 2 is 1.65 bits per heavy atom. The number of Topliss-reactive ketones (excluding diaryl/α,β-unsaturated/α-hetero) is 1. The van der Waals surface area contributed by atoms with Crippen LogP contribution in [-0.2, 0) is 35.2 Å². The first kappa shape index (κ1) is 36.7. The van der Waals surface area contributed by atoms with Crippen LogP contribution in [-0.4, -0.2) is 94.2 Å². The lowest BCUT2D eigenvalue weighted by molar-refractivity contribution is -0.152. The van der Waals surface area contributed by atoms with Gasteiger partial charge in [0.05, 0.1) is 24.4 Å². The maximum Gasteiger partial charge on any atom is 0.326 e. The molecule has 0 saturated heterocycles. The number of ketones is 1. The van der Waals surface area contributed by atoms with Crippen molar-refractivity contribution in [3.63, 3.8) is 0 Å². The van der Waals surface area contributed by atoms with Crippen LogP contribution in [0.4, 0.5) is 0 Å². The Bertz CT molecular complexity index is 1130. The lowest BCUT2D eigenvalue weighted by Crippen LogP contribution is -2.58. The highest BCUT2D eigenvalue weighted by molar-refractivity contribution is 5.97. The first-order chi connectivity index (χ1) is 20.2. The summed E-state index contributed by atoms with van der Waals surface area (Å²) in [6.07, 6.45) is -0.0474. The van der Waals surface area contributed by atoms with E-state index in [1.54, 1.807) is 44.2 Å². The number of carboxylic acids is 2. The third-order valence-electron chi connectivity index (χ3n) is 6.76. The number of nitrogens with zero attached hydrogens (tertiary/aromatic N) is 1. The quantitative estimate of drug-likeness (QED) is 0.0287. The summed E-state index contributed by atoms with van der Waals surface area (Å²) in [7, 11) is 0. The number of carbonyl (C=O) groups excluding carboxylic acids is 4. The van der Waals surface area contributed by atoms with Gasteiger partial charge in [0.25, 0.3) is 0 Å². The van der Waals surface area contributed by atoms with E-state index in [1.165, 1.54) is 0 Å². The van der Waals surface area contributed by atoms with E-state index in [9.17, 15) is 33.9 Å². The molecule has 0 saturated carbocycles. The summed E-state index contributed by atoms with van der Waals surface area (Å²) < 4.78 is 0. The number of hydrogen-bond acceptors (Lipinski definition) is 9. The van der Waals surface area contributed by atoms with Crippen molar-refractivity contribution >= 4 is 41.8 Å². The molecule has 0 aliphatic carbocycles. The number of nitrogens with one attached hydrogen (secondary N) is 3. The molecule has 15 heteroatoms. The zero-order valence-corrected chi connectivity index (χ0v) is 24.4. The monoisotopic (exact) mass is 605 g/mol. The number of aldehydes is 1. The molecule has 0 aliphatic heterocycles. The number of benzene rings is 1. The lowest BCUT2D eigenvalue weighted by Gasteiger charge is -2.35. The topological polar surface area (TPSA) is 272 Å². The molecule has 0 aliphatic rings. The molecule has 0 fully saturated rings. The van der Waals surface area contributed by atoms with Gasteiger partial charge in [0, 0.05) is 19.5 Å². The molecule has 1 unspecified atom stereocenters. The Balaban J connectivity index is 3.28. The summed E-state index contributed by atoms with van der Waals surface area (Å²) in [4.78, 5) is 75.9. The number of aliphatic carboxylic acids is 2. The first-order valence-electron chi connectivity index (χ1n) is 13.9. The number of nitrogens with two attached hydrogens (primary N) is 3. The molecule has 0 bridgehead atoms. The second-order valence-corrected chi connectivity index (χ2v) is 10.5. The highest BCUT2D eigenvalue weighted by atomic mass is 16.4. The fourth-order valence-electron chi connectivity index (χ4n) is 4.34. The second-order valence-electron chi connectivity index (χ2n) is 10.5. The van der Waals surface area contributed by atoms with Crippen molar-refractivity contribution in [2.24, 2.45) is 29.0 Å². The fraction of sp³-hybridized carbons (Fsp3) is 0.536. The van der Waals surface area contributed by atoms with Gasteiger partial charge in [-0.15, -0.1) is 0 Å². The van der Waals surface area contributed by atoms with E-state index in [4.69, 9.17) is 27.7 Å². The summed E-state index contributed by atoms with van der Waals surface area (Å²) in [6, 6.07) is 3.32. The van der Waals surface area contributed by atoms with E-state index >= 15 is 0 Å². The van der Waals surface area contributed by atoms with Gasteiger partial charge in [-0.3, -0.25) is 24.6 Å². The number of carbonyl (C=O) groups is 6. The van der Waals surface area contributed by atoms with Gasteiger partial charge >= 0.3 is 11.9 Å². The van der Waals surface area contributed by atoms with Crippen LogP contribution < -0.4 is 27.8 Å². The minimum absolute atomic E-state index is 0.110. The Kier molecular flexibility index (Phi) is 15.5. The number of hydrogen-bond donors (Lipinski definition) is 8. The highest BCUT2D eigenvalue weighted by Crippen LogP contribution is 2.18. The Labute approximate surface area is 250 Å². The first-order valence-corrected chi connectivity index (χ1v) is 13.9. The highest BCUT2D eigenvalue weighted by Gasteiger charge is 2.37. The van der Waals surface area contributed by atoms with Crippen LogP contribution in [0.15, 0.2) is 30.3 Å². The van der Waals surface area contributed by atoms with Crippen LogP contribution in [0, 0.1) is 17.2 Å². The Hall–Kier alpha value is -4.37. The van der Waals surface area contributed by atoms with Crippen LogP contribution in [0.3, 0.4) is 0 Å². The predicted molar refractivity (Wildman–Crippen MR) is 157 cm³/mol. The van der Waals surface area contributed by atoms with Crippen molar-refractivity contribution < 1.29 is 39.0 Å². The van der Waals surface area contributed by atoms with Crippen molar-refractivity contribution in [2.75, 3.05) is 13.1 Å². The van der Waals surface area contributed by atoms with Crippen molar-refractivity contribution in [2.45, 2.75) is 70.1 Å². The standard InChI is InChI=1S/C28H43N7O8/c1-16(2)23(34-25(40)20(30)14-22(37)38)26(41)35(21(27(42)43)13-17-7-4-3-5-8-17)12-10-18(15-36)24(39)19(29)9-6-11-33-28(31)32/h3-5,7-8,15-16,18-21,23H,6,9-14,29-30H2,1-2H3,(H,34,40)(H,37,38)(H,42,43)(H4,31,32,33)/t18?,19-,20-,21-,23-/m0/s1. The summed E-state index contributed by atoms with van der Waals surface area (Å²) in [5.41, 5.74) is 17.5. The van der Waals surface area contributed by atoms with Gasteiger partial charge in [0.15, 0.2) is 11.7 Å². The normalized spacial score (nSPS) is 14.4. The van der Waals surface area contributed by atoms with Crippen LogP contribution in [0.1, 0.15) is 45.1 Å². The lowest BCUT2D eigenvalue weighted by atomic mass is 9.92. The van der Waals surface area contributed by atoms with Crippen LogP contribution in [0.5, 0.6) is 0 Å². The van der Waals surface area contributed by atoms with E-state index in [1.807, 2.05) is 0 Å². The SMILES string of the molecule is CC(C)[C@H](NC(=O)[C@@H](N)CC(=O)O)C(=O)N(CCC(C=O)C(=O)[C@@H](N)CCCNC(=N)N)[C@@H](Cc1ccccc1)C(=O)O. The molecule has 1 aromatic rings. The van der Waals surface area contributed by atoms with Crippen LogP contribution in [0.25, 0.3) is 0 Å². The van der Waals surface area contributed by atoms with Crippen molar-refractivity contribution in [3.8, 4) is 0 Å². The molecule has 0 radical (unpaired) electrons. The molecular weight excluding hydrogens is 562 g/mol. The average Bonchev–Trinajstić information content (AvgIpc) is 2.94. The molecule has 238 valence electrons.